The standard InChI is InChI=1S/C14H19NO/c1-2-5-12(6-3-1)14(8-9-14)15-13-7-4-10-16-11-13/h1-3,5-6,13,15H,4,7-11H2. The van der Waals surface area contributed by atoms with E-state index in [9.17, 15) is 0 Å². The Hall–Kier alpha value is -0.860. The summed E-state index contributed by atoms with van der Waals surface area (Å²) < 4.78 is 5.53. The summed E-state index contributed by atoms with van der Waals surface area (Å²) in [5.41, 5.74) is 1.72. The Bertz CT molecular complexity index is 339. The fraction of sp³-hybridized carbons (Fsp3) is 0.571. The Kier molecular flexibility index (Phi) is 2.70. The van der Waals surface area contributed by atoms with Crippen molar-refractivity contribution in [3.05, 3.63) is 35.9 Å². The van der Waals surface area contributed by atoms with Gasteiger partial charge in [-0.2, -0.15) is 0 Å². The first-order chi connectivity index (χ1) is 7.89. The molecule has 1 saturated heterocycles. The summed E-state index contributed by atoms with van der Waals surface area (Å²) in [4.78, 5) is 0. The largest absolute Gasteiger partial charge is 0.380 e. The van der Waals surface area contributed by atoms with E-state index in [0.29, 0.717) is 6.04 Å². The van der Waals surface area contributed by atoms with Crippen LogP contribution in [0.25, 0.3) is 0 Å². The lowest BCUT2D eigenvalue weighted by molar-refractivity contribution is 0.0647. The summed E-state index contributed by atoms with van der Waals surface area (Å²) in [6.07, 6.45) is 5.00. The van der Waals surface area contributed by atoms with Crippen molar-refractivity contribution in [2.45, 2.75) is 37.3 Å². The van der Waals surface area contributed by atoms with Crippen LogP contribution in [0.4, 0.5) is 0 Å². The molecule has 0 spiro atoms. The molecule has 3 rings (SSSR count). The van der Waals surface area contributed by atoms with Crippen molar-refractivity contribution in [3.63, 3.8) is 0 Å². The van der Waals surface area contributed by atoms with Crippen molar-refractivity contribution < 1.29 is 4.74 Å². The third kappa shape index (κ3) is 2.00. The van der Waals surface area contributed by atoms with Crippen LogP contribution in [0.1, 0.15) is 31.2 Å². The minimum atomic E-state index is 0.270. The first-order valence-corrected chi connectivity index (χ1v) is 6.30. The van der Waals surface area contributed by atoms with Gasteiger partial charge >= 0.3 is 0 Å². The van der Waals surface area contributed by atoms with Gasteiger partial charge in [0.25, 0.3) is 0 Å². The zero-order valence-corrected chi connectivity index (χ0v) is 9.61. The molecule has 1 unspecified atom stereocenters. The lowest BCUT2D eigenvalue weighted by atomic mass is 10.0. The van der Waals surface area contributed by atoms with Gasteiger partial charge in [0.2, 0.25) is 0 Å². The Balaban J connectivity index is 1.69. The topological polar surface area (TPSA) is 21.3 Å². The third-order valence-electron chi connectivity index (χ3n) is 3.72. The Morgan fingerprint density at radius 1 is 1.19 bits per heavy atom. The highest BCUT2D eigenvalue weighted by molar-refractivity contribution is 5.30. The second kappa shape index (κ2) is 4.19. The van der Waals surface area contributed by atoms with Gasteiger partial charge in [0.05, 0.1) is 6.61 Å². The molecule has 2 fully saturated rings. The van der Waals surface area contributed by atoms with Crippen LogP contribution in [0, 0.1) is 0 Å². The maximum absolute atomic E-state index is 5.53. The second-order valence-electron chi connectivity index (χ2n) is 5.01. The fourth-order valence-electron chi connectivity index (χ4n) is 2.64. The zero-order chi connectivity index (χ0) is 10.8. The molecular formula is C14H19NO. The van der Waals surface area contributed by atoms with Crippen LogP contribution in [-0.2, 0) is 10.3 Å². The van der Waals surface area contributed by atoms with E-state index < -0.39 is 0 Å². The molecule has 86 valence electrons. The smallest absolute Gasteiger partial charge is 0.0619 e. The van der Waals surface area contributed by atoms with E-state index in [2.05, 4.69) is 35.6 Å². The lowest BCUT2D eigenvalue weighted by Crippen LogP contribution is -2.43. The molecule has 1 saturated carbocycles. The highest BCUT2D eigenvalue weighted by Gasteiger charge is 2.45. The number of rotatable bonds is 3. The zero-order valence-electron chi connectivity index (χ0n) is 9.61. The van der Waals surface area contributed by atoms with Gasteiger partial charge in [-0.1, -0.05) is 30.3 Å². The normalized spacial score (nSPS) is 27.6. The van der Waals surface area contributed by atoms with Gasteiger partial charge in [-0.05, 0) is 31.2 Å². The van der Waals surface area contributed by atoms with Crippen LogP contribution in [-0.4, -0.2) is 19.3 Å². The molecule has 2 nitrogen and oxygen atoms in total. The van der Waals surface area contributed by atoms with Crippen LogP contribution in [0.15, 0.2) is 30.3 Å². The second-order valence-corrected chi connectivity index (χ2v) is 5.01. The molecule has 1 aliphatic heterocycles. The summed E-state index contributed by atoms with van der Waals surface area (Å²) in [7, 11) is 0. The van der Waals surface area contributed by atoms with Crippen LogP contribution < -0.4 is 5.32 Å². The molecule has 1 atom stereocenters. The molecule has 1 heterocycles. The van der Waals surface area contributed by atoms with Crippen LogP contribution in [0.2, 0.25) is 0 Å². The Morgan fingerprint density at radius 2 is 2.00 bits per heavy atom. The number of benzene rings is 1. The van der Waals surface area contributed by atoms with Gasteiger partial charge < -0.3 is 10.1 Å². The van der Waals surface area contributed by atoms with Gasteiger partial charge in [-0.25, -0.2) is 0 Å². The van der Waals surface area contributed by atoms with E-state index in [1.807, 2.05) is 0 Å². The van der Waals surface area contributed by atoms with Crippen LogP contribution in [0.3, 0.4) is 0 Å². The van der Waals surface area contributed by atoms with Crippen molar-refractivity contribution >= 4 is 0 Å². The average molecular weight is 217 g/mol. The highest BCUT2D eigenvalue weighted by Crippen LogP contribution is 2.46. The minimum absolute atomic E-state index is 0.270. The third-order valence-corrected chi connectivity index (χ3v) is 3.72. The Labute approximate surface area is 97.0 Å². The van der Waals surface area contributed by atoms with E-state index in [0.717, 1.165) is 13.2 Å². The van der Waals surface area contributed by atoms with Crippen molar-refractivity contribution in [3.8, 4) is 0 Å². The SMILES string of the molecule is c1ccc(C2(NC3CCCOC3)CC2)cc1. The summed E-state index contributed by atoms with van der Waals surface area (Å²) in [6.45, 7) is 1.82. The van der Waals surface area contributed by atoms with Crippen molar-refractivity contribution in [1.29, 1.82) is 0 Å². The molecule has 0 aromatic heterocycles. The fourth-order valence-corrected chi connectivity index (χ4v) is 2.64. The summed E-state index contributed by atoms with van der Waals surface area (Å²) in [6, 6.07) is 11.4. The van der Waals surface area contributed by atoms with Gasteiger partial charge in [-0.15, -0.1) is 0 Å². The monoisotopic (exact) mass is 217 g/mol. The number of ether oxygens (including phenoxy) is 1. The number of hydrogen-bond acceptors (Lipinski definition) is 2. The van der Waals surface area contributed by atoms with E-state index >= 15 is 0 Å². The number of nitrogens with one attached hydrogen (secondary N) is 1. The molecular weight excluding hydrogens is 198 g/mol. The maximum Gasteiger partial charge on any atom is 0.0619 e. The summed E-state index contributed by atoms with van der Waals surface area (Å²) in [5.74, 6) is 0. The van der Waals surface area contributed by atoms with Crippen molar-refractivity contribution in [2.24, 2.45) is 0 Å². The number of hydrogen-bond donors (Lipinski definition) is 1. The molecule has 0 amide bonds. The van der Waals surface area contributed by atoms with E-state index in [1.165, 1.54) is 31.2 Å². The quantitative estimate of drug-likeness (QED) is 0.839. The first-order valence-electron chi connectivity index (χ1n) is 6.30. The van der Waals surface area contributed by atoms with Crippen molar-refractivity contribution in [1.82, 2.24) is 5.32 Å². The molecule has 2 aliphatic rings. The lowest BCUT2D eigenvalue weighted by Gasteiger charge is -2.28. The van der Waals surface area contributed by atoms with E-state index in [-0.39, 0.29) is 5.54 Å². The molecule has 0 bridgehead atoms. The summed E-state index contributed by atoms with van der Waals surface area (Å²) >= 11 is 0. The van der Waals surface area contributed by atoms with Crippen LogP contribution in [0.5, 0.6) is 0 Å². The molecule has 0 radical (unpaired) electrons. The average Bonchev–Trinajstić information content (AvgIpc) is 3.13. The minimum Gasteiger partial charge on any atom is -0.380 e. The van der Waals surface area contributed by atoms with Gasteiger partial charge in [0, 0.05) is 18.2 Å². The maximum atomic E-state index is 5.53. The van der Waals surface area contributed by atoms with Crippen LogP contribution >= 0.6 is 0 Å². The van der Waals surface area contributed by atoms with Gasteiger partial charge in [0.1, 0.15) is 0 Å². The van der Waals surface area contributed by atoms with Crippen molar-refractivity contribution in [2.75, 3.05) is 13.2 Å². The van der Waals surface area contributed by atoms with E-state index in [4.69, 9.17) is 4.74 Å². The Morgan fingerprint density at radius 3 is 2.62 bits per heavy atom. The van der Waals surface area contributed by atoms with Gasteiger partial charge in [-0.3, -0.25) is 0 Å². The molecule has 2 heteroatoms. The predicted octanol–water partition coefficient (Wildman–Crippen LogP) is 2.44. The molecule has 1 aliphatic carbocycles. The predicted molar refractivity (Wildman–Crippen MR) is 64.3 cm³/mol. The molecule has 1 aromatic carbocycles. The highest BCUT2D eigenvalue weighted by atomic mass is 16.5. The molecule has 1 aromatic rings. The summed E-state index contributed by atoms with van der Waals surface area (Å²) in [5, 5.41) is 3.80. The molecule has 1 N–H and O–H groups in total. The molecule has 16 heavy (non-hydrogen) atoms. The van der Waals surface area contributed by atoms with E-state index in [1.54, 1.807) is 0 Å². The first kappa shape index (κ1) is 10.3. The van der Waals surface area contributed by atoms with Gasteiger partial charge in [0.15, 0.2) is 0 Å².